The first-order valence-electron chi connectivity index (χ1n) is 6.18. The number of hydrogen-bond donors (Lipinski definition) is 1. The Hall–Kier alpha value is -0.920. The Morgan fingerprint density at radius 3 is 2.48 bits per heavy atom. The molecule has 1 atom stereocenters. The largest absolute Gasteiger partial charge is 0.416 e. The van der Waals surface area contributed by atoms with Crippen LogP contribution in [-0.4, -0.2) is 6.54 Å². The van der Waals surface area contributed by atoms with E-state index in [0.717, 1.165) is 26.9 Å². The van der Waals surface area contributed by atoms with Gasteiger partial charge in [0, 0.05) is 10.4 Å². The van der Waals surface area contributed by atoms with Gasteiger partial charge in [0.25, 0.3) is 0 Å². The van der Waals surface area contributed by atoms with Gasteiger partial charge in [0.1, 0.15) is 5.82 Å². The van der Waals surface area contributed by atoms with Crippen molar-refractivity contribution in [3.05, 3.63) is 55.9 Å². The molecule has 1 heterocycles. The maximum absolute atomic E-state index is 14.0. The van der Waals surface area contributed by atoms with Crippen LogP contribution >= 0.6 is 27.3 Å². The molecule has 1 unspecified atom stereocenters. The maximum Gasteiger partial charge on any atom is 0.416 e. The zero-order valence-corrected chi connectivity index (χ0v) is 13.4. The molecule has 1 aromatic carbocycles. The van der Waals surface area contributed by atoms with E-state index in [0.29, 0.717) is 6.54 Å². The normalized spacial score (nSPS) is 13.4. The van der Waals surface area contributed by atoms with Crippen LogP contribution in [0.25, 0.3) is 0 Å². The Morgan fingerprint density at radius 2 is 1.95 bits per heavy atom. The van der Waals surface area contributed by atoms with Gasteiger partial charge in [-0.3, -0.25) is 0 Å². The van der Waals surface area contributed by atoms with Crippen molar-refractivity contribution >= 4 is 27.3 Å². The lowest BCUT2D eigenvalue weighted by Crippen LogP contribution is -2.22. The fourth-order valence-corrected chi connectivity index (χ4v) is 3.51. The van der Waals surface area contributed by atoms with Crippen molar-refractivity contribution in [3.63, 3.8) is 0 Å². The zero-order chi connectivity index (χ0) is 15.6. The number of hydrogen-bond acceptors (Lipinski definition) is 2. The lowest BCUT2D eigenvalue weighted by Gasteiger charge is -2.19. The van der Waals surface area contributed by atoms with E-state index >= 15 is 0 Å². The summed E-state index contributed by atoms with van der Waals surface area (Å²) in [4.78, 5) is 0.752. The number of alkyl halides is 3. The fraction of sp³-hybridized carbons (Fsp3) is 0.286. The molecule has 0 fully saturated rings. The van der Waals surface area contributed by atoms with Gasteiger partial charge in [0.05, 0.1) is 15.4 Å². The van der Waals surface area contributed by atoms with Crippen molar-refractivity contribution < 1.29 is 17.6 Å². The third kappa shape index (κ3) is 3.84. The van der Waals surface area contributed by atoms with Gasteiger partial charge < -0.3 is 5.32 Å². The molecule has 21 heavy (non-hydrogen) atoms. The van der Waals surface area contributed by atoms with Crippen molar-refractivity contribution in [2.75, 3.05) is 6.54 Å². The smallest absolute Gasteiger partial charge is 0.306 e. The van der Waals surface area contributed by atoms with Crippen molar-refractivity contribution in [1.29, 1.82) is 0 Å². The first kappa shape index (κ1) is 16.5. The molecule has 0 saturated heterocycles. The first-order valence-corrected chi connectivity index (χ1v) is 7.79. The summed E-state index contributed by atoms with van der Waals surface area (Å²) in [5.74, 6) is -0.654. The minimum atomic E-state index is -4.49. The molecular formula is C14H12BrF4NS. The van der Waals surface area contributed by atoms with Crippen molar-refractivity contribution in [2.45, 2.75) is 19.1 Å². The van der Waals surface area contributed by atoms with Crippen LogP contribution in [-0.2, 0) is 6.18 Å². The molecule has 0 aliphatic rings. The van der Waals surface area contributed by atoms with Gasteiger partial charge in [0.2, 0.25) is 0 Å². The molecule has 0 aliphatic heterocycles. The van der Waals surface area contributed by atoms with Gasteiger partial charge in [-0.05, 0) is 52.8 Å². The highest BCUT2D eigenvalue weighted by Gasteiger charge is 2.32. The van der Waals surface area contributed by atoms with Crippen LogP contribution in [0.5, 0.6) is 0 Å². The van der Waals surface area contributed by atoms with E-state index < -0.39 is 23.6 Å². The Kier molecular flexibility index (Phi) is 5.06. The highest BCUT2D eigenvalue weighted by molar-refractivity contribution is 9.11. The standard InChI is InChI=1S/C14H12BrF4NS/c1-2-20-13(11-5-6-12(15)21-11)9-7-8(14(17,18)19)3-4-10(9)16/h3-7,13,20H,2H2,1H3. The Bertz CT molecular complexity index is 624. The number of rotatable bonds is 4. The van der Waals surface area contributed by atoms with E-state index in [2.05, 4.69) is 21.2 Å². The fourth-order valence-electron chi connectivity index (χ4n) is 1.99. The number of thiophene rings is 1. The van der Waals surface area contributed by atoms with Crippen LogP contribution in [0, 0.1) is 5.82 Å². The molecule has 0 aliphatic carbocycles. The lowest BCUT2D eigenvalue weighted by molar-refractivity contribution is -0.137. The van der Waals surface area contributed by atoms with Gasteiger partial charge in [0.15, 0.2) is 0 Å². The first-order chi connectivity index (χ1) is 9.82. The van der Waals surface area contributed by atoms with Gasteiger partial charge in [-0.15, -0.1) is 11.3 Å². The van der Waals surface area contributed by atoms with E-state index in [9.17, 15) is 17.6 Å². The zero-order valence-electron chi connectivity index (χ0n) is 11.0. The highest BCUT2D eigenvalue weighted by Crippen LogP contribution is 2.36. The molecule has 0 radical (unpaired) electrons. The van der Waals surface area contributed by atoms with Crippen LogP contribution in [0.1, 0.15) is 29.0 Å². The van der Waals surface area contributed by atoms with E-state index in [1.165, 1.54) is 11.3 Å². The number of halogens is 5. The monoisotopic (exact) mass is 381 g/mol. The second kappa shape index (κ2) is 6.46. The SMILES string of the molecule is CCNC(c1ccc(Br)s1)c1cc(C(F)(F)F)ccc1F. The second-order valence-corrected chi connectivity index (χ2v) is 6.86. The molecule has 7 heteroatoms. The summed E-state index contributed by atoms with van der Waals surface area (Å²) in [5, 5.41) is 3.03. The van der Waals surface area contributed by atoms with Crippen molar-refractivity contribution in [1.82, 2.24) is 5.32 Å². The average Bonchev–Trinajstić information content (AvgIpc) is 2.82. The van der Waals surface area contributed by atoms with Crippen molar-refractivity contribution in [2.24, 2.45) is 0 Å². The van der Waals surface area contributed by atoms with Crippen LogP contribution in [0.4, 0.5) is 17.6 Å². The van der Waals surface area contributed by atoms with Gasteiger partial charge >= 0.3 is 6.18 Å². The molecule has 0 spiro atoms. The molecular weight excluding hydrogens is 370 g/mol. The Labute approximate surface area is 132 Å². The number of nitrogens with one attached hydrogen (secondary N) is 1. The molecule has 0 amide bonds. The second-order valence-electron chi connectivity index (χ2n) is 4.37. The topological polar surface area (TPSA) is 12.0 Å². The Morgan fingerprint density at radius 1 is 1.24 bits per heavy atom. The molecule has 1 nitrogen and oxygen atoms in total. The summed E-state index contributed by atoms with van der Waals surface area (Å²) < 4.78 is 53.3. The minimum Gasteiger partial charge on any atom is -0.306 e. The van der Waals surface area contributed by atoms with E-state index in [-0.39, 0.29) is 5.56 Å². The Balaban J connectivity index is 2.49. The summed E-state index contributed by atoms with van der Waals surface area (Å²) in [5.41, 5.74) is -0.849. The lowest BCUT2D eigenvalue weighted by atomic mass is 10.0. The van der Waals surface area contributed by atoms with Crippen LogP contribution in [0.3, 0.4) is 0 Å². The molecule has 0 saturated carbocycles. The third-order valence-electron chi connectivity index (χ3n) is 2.92. The van der Waals surface area contributed by atoms with Crippen LogP contribution < -0.4 is 5.32 Å². The van der Waals surface area contributed by atoms with Crippen LogP contribution in [0.15, 0.2) is 34.1 Å². The summed E-state index contributed by atoms with van der Waals surface area (Å²) in [6.45, 7) is 2.33. The molecule has 114 valence electrons. The summed E-state index contributed by atoms with van der Waals surface area (Å²) in [6, 6.07) is 5.44. The average molecular weight is 382 g/mol. The van der Waals surface area contributed by atoms with Gasteiger partial charge in [-0.2, -0.15) is 13.2 Å². The highest BCUT2D eigenvalue weighted by atomic mass is 79.9. The molecule has 1 aromatic heterocycles. The number of benzene rings is 1. The van der Waals surface area contributed by atoms with Crippen LogP contribution in [0.2, 0.25) is 0 Å². The molecule has 2 aromatic rings. The predicted molar refractivity (Wildman–Crippen MR) is 78.9 cm³/mol. The van der Waals surface area contributed by atoms with Crippen molar-refractivity contribution in [3.8, 4) is 0 Å². The molecule has 0 bridgehead atoms. The third-order valence-corrected chi connectivity index (χ3v) is 4.61. The summed E-state index contributed by atoms with van der Waals surface area (Å²) in [7, 11) is 0. The molecule has 1 N–H and O–H groups in total. The summed E-state index contributed by atoms with van der Waals surface area (Å²) >= 11 is 4.66. The van der Waals surface area contributed by atoms with E-state index in [1.807, 2.05) is 6.92 Å². The van der Waals surface area contributed by atoms with E-state index in [4.69, 9.17) is 0 Å². The van der Waals surface area contributed by atoms with E-state index in [1.54, 1.807) is 12.1 Å². The van der Waals surface area contributed by atoms with Gasteiger partial charge in [-0.25, -0.2) is 4.39 Å². The molecule has 2 rings (SSSR count). The predicted octanol–water partition coefficient (Wildman–Crippen LogP) is 5.37. The van der Waals surface area contributed by atoms with Gasteiger partial charge in [-0.1, -0.05) is 6.92 Å². The quantitative estimate of drug-likeness (QED) is 0.702. The maximum atomic E-state index is 14.0. The summed E-state index contributed by atoms with van der Waals surface area (Å²) in [6.07, 6.45) is -4.49. The minimum absolute atomic E-state index is 0.000949.